The molecule has 100 valence electrons. The van der Waals surface area contributed by atoms with Gasteiger partial charge in [-0.25, -0.2) is 4.98 Å². The molecule has 3 aromatic rings. The molecule has 0 aliphatic rings. The lowest BCUT2D eigenvalue weighted by atomic mass is 10.1. The van der Waals surface area contributed by atoms with Gasteiger partial charge in [0.2, 0.25) is 0 Å². The Morgan fingerprint density at radius 2 is 1.75 bits per heavy atom. The van der Waals surface area contributed by atoms with Crippen LogP contribution in [0.25, 0.3) is 11.3 Å². The molecule has 0 saturated carbocycles. The molecule has 0 unspecified atom stereocenters. The number of rotatable bonds is 3. The maximum absolute atomic E-state index is 5.99. The van der Waals surface area contributed by atoms with Crippen molar-refractivity contribution in [1.29, 1.82) is 0 Å². The summed E-state index contributed by atoms with van der Waals surface area (Å²) >= 11 is 1.50. The molecule has 2 aromatic carbocycles. The van der Waals surface area contributed by atoms with Gasteiger partial charge in [-0.1, -0.05) is 30.3 Å². The van der Waals surface area contributed by atoms with E-state index in [0.717, 1.165) is 32.8 Å². The zero-order valence-electron chi connectivity index (χ0n) is 11.0. The molecule has 0 saturated heterocycles. The lowest BCUT2D eigenvalue weighted by Crippen LogP contribution is -1.88. The van der Waals surface area contributed by atoms with Gasteiger partial charge < -0.3 is 10.5 Å². The van der Waals surface area contributed by atoms with Gasteiger partial charge in [0.25, 0.3) is 0 Å². The standard InChI is InChI=1S/C16H14N2OS/c1-11-18-15(16(17)20-11)12-6-5-9-14(10-12)19-13-7-3-2-4-8-13/h2-10H,17H2,1H3. The minimum Gasteiger partial charge on any atom is -0.457 e. The molecule has 0 spiro atoms. The normalized spacial score (nSPS) is 10.4. The van der Waals surface area contributed by atoms with Crippen LogP contribution in [0, 0.1) is 6.92 Å². The Kier molecular flexibility index (Phi) is 3.39. The van der Waals surface area contributed by atoms with E-state index in [4.69, 9.17) is 10.5 Å². The van der Waals surface area contributed by atoms with Crippen molar-refractivity contribution in [2.24, 2.45) is 0 Å². The number of aromatic nitrogens is 1. The third kappa shape index (κ3) is 2.65. The van der Waals surface area contributed by atoms with Gasteiger partial charge in [-0.2, -0.15) is 0 Å². The Hall–Kier alpha value is -2.33. The van der Waals surface area contributed by atoms with Gasteiger partial charge in [-0.15, -0.1) is 11.3 Å². The monoisotopic (exact) mass is 282 g/mol. The summed E-state index contributed by atoms with van der Waals surface area (Å²) in [5.74, 6) is 1.59. The number of anilines is 1. The SMILES string of the molecule is Cc1nc(-c2cccc(Oc3ccccc3)c2)c(N)s1. The van der Waals surface area contributed by atoms with Gasteiger partial charge in [0.05, 0.1) is 5.01 Å². The van der Waals surface area contributed by atoms with E-state index >= 15 is 0 Å². The second-order valence-corrected chi connectivity index (χ2v) is 5.62. The van der Waals surface area contributed by atoms with E-state index in [1.54, 1.807) is 0 Å². The van der Waals surface area contributed by atoms with Crippen molar-refractivity contribution < 1.29 is 4.74 Å². The highest BCUT2D eigenvalue weighted by atomic mass is 32.1. The first kappa shape index (κ1) is 12.7. The van der Waals surface area contributed by atoms with E-state index in [1.165, 1.54) is 11.3 Å². The number of benzene rings is 2. The number of hydrogen-bond acceptors (Lipinski definition) is 4. The van der Waals surface area contributed by atoms with E-state index in [0.29, 0.717) is 0 Å². The summed E-state index contributed by atoms with van der Waals surface area (Å²) in [6.07, 6.45) is 0. The molecule has 0 atom stereocenters. The van der Waals surface area contributed by atoms with E-state index < -0.39 is 0 Å². The average molecular weight is 282 g/mol. The van der Waals surface area contributed by atoms with Crippen LogP contribution >= 0.6 is 11.3 Å². The molecule has 0 bridgehead atoms. The summed E-state index contributed by atoms with van der Waals surface area (Å²) in [7, 11) is 0. The first-order chi connectivity index (χ1) is 9.72. The molecule has 4 heteroatoms. The van der Waals surface area contributed by atoms with Crippen molar-refractivity contribution in [2.75, 3.05) is 5.73 Å². The second-order valence-electron chi connectivity index (χ2n) is 4.39. The first-order valence-electron chi connectivity index (χ1n) is 6.28. The van der Waals surface area contributed by atoms with Crippen LogP contribution < -0.4 is 10.5 Å². The number of nitrogens with zero attached hydrogens (tertiary/aromatic N) is 1. The quantitative estimate of drug-likeness (QED) is 0.769. The fourth-order valence-corrected chi connectivity index (χ4v) is 2.70. The highest BCUT2D eigenvalue weighted by Crippen LogP contribution is 2.33. The summed E-state index contributed by atoms with van der Waals surface area (Å²) in [5, 5.41) is 1.70. The Morgan fingerprint density at radius 1 is 1.00 bits per heavy atom. The molecule has 1 heterocycles. The van der Waals surface area contributed by atoms with Crippen LogP contribution in [-0.4, -0.2) is 4.98 Å². The molecule has 20 heavy (non-hydrogen) atoms. The van der Waals surface area contributed by atoms with Crippen LogP contribution in [0.5, 0.6) is 11.5 Å². The zero-order chi connectivity index (χ0) is 13.9. The Labute approximate surface area is 121 Å². The summed E-state index contributed by atoms with van der Waals surface area (Å²) < 4.78 is 5.82. The van der Waals surface area contributed by atoms with Crippen LogP contribution in [-0.2, 0) is 0 Å². The minimum absolute atomic E-state index is 0.736. The minimum atomic E-state index is 0.736. The number of ether oxygens (including phenoxy) is 1. The number of aryl methyl sites for hydroxylation is 1. The fourth-order valence-electron chi connectivity index (χ4n) is 1.98. The third-order valence-corrected chi connectivity index (χ3v) is 3.65. The van der Waals surface area contributed by atoms with E-state index in [9.17, 15) is 0 Å². The van der Waals surface area contributed by atoms with Crippen molar-refractivity contribution in [2.45, 2.75) is 6.92 Å². The predicted molar refractivity (Wildman–Crippen MR) is 83.2 cm³/mol. The van der Waals surface area contributed by atoms with Gasteiger partial charge in [0, 0.05) is 5.56 Å². The van der Waals surface area contributed by atoms with Crippen LogP contribution in [0.1, 0.15) is 5.01 Å². The molecule has 1 aromatic heterocycles. The molecule has 0 amide bonds. The smallest absolute Gasteiger partial charge is 0.128 e. The Balaban J connectivity index is 1.92. The van der Waals surface area contributed by atoms with Crippen molar-refractivity contribution in [3.8, 4) is 22.8 Å². The topological polar surface area (TPSA) is 48.1 Å². The lowest BCUT2D eigenvalue weighted by molar-refractivity contribution is 0.483. The summed E-state index contributed by atoms with van der Waals surface area (Å²) in [4.78, 5) is 4.47. The fraction of sp³-hybridized carbons (Fsp3) is 0.0625. The Bertz CT molecular complexity index is 722. The van der Waals surface area contributed by atoms with Crippen molar-refractivity contribution >= 4 is 16.3 Å². The second kappa shape index (κ2) is 5.35. The highest BCUT2D eigenvalue weighted by molar-refractivity contribution is 7.16. The zero-order valence-corrected chi connectivity index (χ0v) is 11.9. The molecule has 0 fully saturated rings. The summed E-state index contributed by atoms with van der Waals surface area (Å²) in [6, 6.07) is 17.5. The van der Waals surface area contributed by atoms with Gasteiger partial charge in [0.15, 0.2) is 0 Å². The summed E-state index contributed by atoms with van der Waals surface area (Å²) in [5.41, 5.74) is 7.79. The van der Waals surface area contributed by atoms with Crippen molar-refractivity contribution in [3.63, 3.8) is 0 Å². The molecule has 3 rings (SSSR count). The van der Waals surface area contributed by atoms with E-state index in [-0.39, 0.29) is 0 Å². The van der Waals surface area contributed by atoms with Crippen molar-refractivity contribution in [3.05, 3.63) is 59.6 Å². The van der Waals surface area contributed by atoms with E-state index in [1.807, 2.05) is 61.5 Å². The van der Waals surface area contributed by atoms with Crippen LogP contribution in [0.4, 0.5) is 5.00 Å². The molecule has 0 aliphatic carbocycles. The molecule has 0 radical (unpaired) electrons. The van der Waals surface area contributed by atoms with E-state index in [2.05, 4.69) is 4.98 Å². The largest absolute Gasteiger partial charge is 0.457 e. The van der Waals surface area contributed by atoms with Crippen molar-refractivity contribution in [1.82, 2.24) is 4.98 Å². The molecular weight excluding hydrogens is 268 g/mol. The van der Waals surface area contributed by atoms with Gasteiger partial charge in [0.1, 0.15) is 22.2 Å². The average Bonchev–Trinajstić information content (AvgIpc) is 2.79. The number of thiazole rings is 1. The third-order valence-electron chi connectivity index (χ3n) is 2.85. The first-order valence-corrected chi connectivity index (χ1v) is 7.10. The van der Waals surface area contributed by atoms with Gasteiger partial charge in [-0.3, -0.25) is 0 Å². The predicted octanol–water partition coefficient (Wildman–Crippen LogP) is 4.49. The van der Waals surface area contributed by atoms with Crippen LogP contribution in [0.3, 0.4) is 0 Å². The molecule has 2 N–H and O–H groups in total. The molecular formula is C16H14N2OS. The molecule has 3 nitrogen and oxygen atoms in total. The summed E-state index contributed by atoms with van der Waals surface area (Å²) in [6.45, 7) is 1.95. The Morgan fingerprint density at radius 3 is 2.45 bits per heavy atom. The molecule has 0 aliphatic heterocycles. The van der Waals surface area contributed by atoms with Gasteiger partial charge in [-0.05, 0) is 31.2 Å². The maximum Gasteiger partial charge on any atom is 0.128 e. The number of para-hydroxylation sites is 1. The number of nitrogen functional groups attached to an aromatic ring is 1. The van der Waals surface area contributed by atoms with Crippen LogP contribution in [0.2, 0.25) is 0 Å². The number of nitrogens with two attached hydrogens (primary N) is 1. The maximum atomic E-state index is 5.99. The number of hydrogen-bond donors (Lipinski definition) is 1. The lowest BCUT2D eigenvalue weighted by Gasteiger charge is -2.07. The van der Waals surface area contributed by atoms with Gasteiger partial charge >= 0.3 is 0 Å². The highest BCUT2D eigenvalue weighted by Gasteiger charge is 2.09. The van der Waals surface area contributed by atoms with Crippen LogP contribution in [0.15, 0.2) is 54.6 Å².